The molecule has 4 heteroatoms. The van der Waals surface area contributed by atoms with Gasteiger partial charge in [0.25, 0.3) is 0 Å². The molecule has 88 valence electrons. The third-order valence-corrected chi connectivity index (χ3v) is 3.24. The van der Waals surface area contributed by atoms with E-state index < -0.39 is 11.2 Å². The molecule has 2 N–H and O–H groups in total. The summed E-state index contributed by atoms with van der Waals surface area (Å²) >= 11 is 0. The van der Waals surface area contributed by atoms with Crippen LogP contribution in [0.15, 0.2) is 24.3 Å². The molecule has 1 aliphatic carbocycles. The van der Waals surface area contributed by atoms with Crippen LogP contribution < -0.4 is 0 Å². The Kier molecular flexibility index (Phi) is 2.23. The fourth-order valence-corrected chi connectivity index (χ4v) is 2.06. The van der Waals surface area contributed by atoms with E-state index in [-0.39, 0.29) is 12.2 Å². The van der Waals surface area contributed by atoms with Crippen LogP contribution >= 0.6 is 0 Å². The lowest BCUT2D eigenvalue weighted by Gasteiger charge is -2.29. The fourth-order valence-electron chi connectivity index (χ4n) is 2.06. The fraction of sp³-hybridized carbons (Fsp3) is 0.667. The zero-order valence-electron chi connectivity index (χ0n) is 9.00. The molecule has 0 bridgehead atoms. The number of hydrogen-bond donors (Lipinski definition) is 2. The average Bonchev–Trinajstić information content (AvgIpc) is 3.09. The number of rotatable bonds is 4. The molecule has 0 spiro atoms. The Hall–Kier alpha value is -0.680. The Balaban J connectivity index is 1.65. The molecule has 0 saturated carbocycles. The molecule has 2 saturated heterocycles. The van der Waals surface area contributed by atoms with Crippen LogP contribution in [0.25, 0.3) is 0 Å². The van der Waals surface area contributed by atoms with Crippen molar-refractivity contribution >= 4 is 0 Å². The maximum Gasteiger partial charge on any atom is 0.104 e. The van der Waals surface area contributed by atoms with Crippen molar-refractivity contribution in [2.24, 2.45) is 0 Å². The Morgan fingerprint density at radius 1 is 0.875 bits per heavy atom. The molecule has 2 unspecified atom stereocenters. The minimum Gasteiger partial charge on any atom is -0.382 e. The molecule has 0 aromatic rings. The van der Waals surface area contributed by atoms with Crippen molar-refractivity contribution in [3.63, 3.8) is 0 Å². The summed E-state index contributed by atoms with van der Waals surface area (Å²) in [7, 11) is 0. The molecule has 0 aromatic heterocycles. The molecule has 0 aromatic carbocycles. The average molecular weight is 224 g/mol. The first-order chi connectivity index (χ1) is 7.57. The number of epoxide rings is 2. The van der Waals surface area contributed by atoms with Crippen molar-refractivity contribution in [1.29, 1.82) is 0 Å². The van der Waals surface area contributed by atoms with Crippen LogP contribution in [0.4, 0.5) is 0 Å². The Bertz CT molecular complexity index is 293. The molecule has 4 nitrogen and oxygen atoms in total. The summed E-state index contributed by atoms with van der Waals surface area (Å²) < 4.78 is 10.2. The van der Waals surface area contributed by atoms with Gasteiger partial charge in [-0.15, -0.1) is 0 Å². The van der Waals surface area contributed by atoms with E-state index in [1.54, 1.807) is 24.3 Å². The zero-order valence-corrected chi connectivity index (χ0v) is 9.00. The van der Waals surface area contributed by atoms with Gasteiger partial charge in [-0.2, -0.15) is 0 Å². The Morgan fingerprint density at radius 2 is 1.19 bits per heavy atom. The van der Waals surface area contributed by atoms with E-state index in [0.717, 1.165) is 13.2 Å². The summed E-state index contributed by atoms with van der Waals surface area (Å²) in [6.45, 7) is 1.45. The van der Waals surface area contributed by atoms with Gasteiger partial charge < -0.3 is 19.7 Å². The monoisotopic (exact) mass is 224 g/mol. The Morgan fingerprint density at radius 3 is 1.44 bits per heavy atom. The predicted molar refractivity (Wildman–Crippen MR) is 56.9 cm³/mol. The van der Waals surface area contributed by atoms with Gasteiger partial charge in [-0.1, -0.05) is 0 Å². The van der Waals surface area contributed by atoms with E-state index in [1.807, 2.05) is 0 Å². The van der Waals surface area contributed by atoms with Crippen molar-refractivity contribution < 1.29 is 19.7 Å². The second-order valence-electron chi connectivity index (χ2n) is 4.97. The van der Waals surface area contributed by atoms with Crippen molar-refractivity contribution in [2.45, 2.75) is 36.3 Å². The number of ether oxygens (including phenoxy) is 2. The first kappa shape index (κ1) is 10.5. The van der Waals surface area contributed by atoms with Gasteiger partial charge in [0.05, 0.1) is 25.4 Å². The highest BCUT2D eigenvalue weighted by atomic mass is 16.6. The molecule has 3 aliphatic rings. The first-order valence-electron chi connectivity index (χ1n) is 5.66. The minimum absolute atomic E-state index is 0.164. The summed E-state index contributed by atoms with van der Waals surface area (Å²) in [6.07, 6.45) is 8.11. The maximum atomic E-state index is 10.2. The maximum absolute atomic E-state index is 10.2. The topological polar surface area (TPSA) is 65.5 Å². The van der Waals surface area contributed by atoms with Gasteiger partial charge in [-0.3, -0.25) is 0 Å². The molecular formula is C12H16O4. The van der Waals surface area contributed by atoms with Gasteiger partial charge in [0.2, 0.25) is 0 Å². The second-order valence-corrected chi connectivity index (χ2v) is 4.97. The van der Waals surface area contributed by atoms with Gasteiger partial charge in [-0.05, 0) is 24.3 Å². The van der Waals surface area contributed by atoms with E-state index in [9.17, 15) is 10.2 Å². The van der Waals surface area contributed by atoms with Crippen molar-refractivity contribution in [3.05, 3.63) is 24.3 Å². The zero-order chi connectivity index (χ0) is 11.2. The Labute approximate surface area is 94.2 Å². The lowest BCUT2D eigenvalue weighted by atomic mass is 9.84. The van der Waals surface area contributed by atoms with Crippen LogP contribution in [0.5, 0.6) is 0 Å². The van der Waals surface area contributed by atoms with Crippen molar-refractivity contribution in [1.82, 2.24) is 0 Å². The summed E-state index contributed by atoms with van der Waals surface area (Å²) in [5, 5.41) is 20.3. The van der Waals surface area contributed by atoms with Gasteiger partial charge in [0, 0.05) is 12.8 Å². The van der Waals surface area contributed by atoms with Gasteiger partial charge >= 0.3 is 0 Å². The highest BCUT2D eigenvalue weighted by molar-refractivity contribution is 5.29. The van der Waals surface area contributed by atoms with Crippen molar-refractivity contribution in [3.8, 4) is 0 Å². The third kappa shape index (κ3) is 2.35. The minimum atomic E-state index is -0.961. The molecule has 2 heterocycles. The molecular weight excluding hydrogens is 208 g/mol. The third-order valence-electron chi connectivity index (χ3n) is 3.24. The molecule has 0 radical (unpaired) electrons. The highest BCUT2D eigenvalue weighted by Crippen LogP contribution is 2.33. The standard InChI is InChI=1S/C12H16O4/c13-11(5-9-7-15-9)1-2-12(14,4-3-11)6-10-8-16-10/h1-4,9-10,13-14H,5-8H2. The van der Waals surface area contributed by atoms with Crippen LogP contribution in [-0.2, 0) is 9.47 Å². The molecule has 2 fully saturated rings. The van der Waals surface area contributed by atoms with E-state index >= 15 is 0 Å². The summed E-state index contributed by atoms with van der Waals surface area (Å²) in [5.74, 6) is 0. The highest BCUT2D eigenvalue weighted by Gasteiger charge is 2.39. The van der Waals surface area contributed by atoms with E-state index in [2.05, 4.69) is 0 Å². The summed E-state index contributed by atoms with van der Waals surface area (Å²) in [5.41, 5.74) is -1.92. The first-order valence-corrected chi connectivity index (χ1v) is 5.66. The lowest BCUT2D eigenvalue weighted by molar-refractivity contribution is 0.0871. The van der Waals surface area contributed by atoms with Crippen LogP contribution in [0, 0.1) is 0 Å². The summed E-state index contributed by atoms with van der Waals surface area (Å²) in [6, 6.07) is 0. The van der Waals surface area contributed by atoms with Crippen LogP contribution in [0.1, 0.15) is 12.8 Å². The van der Waals surface area contributed by atoms with E-state index in [0.29, 0.717) is 12.8 Å². The normalized spacial score (nSPS) is 49.4. The number of hydrogen-bond acceptors (Lipinski definition) is 4. The van der Waals surface area contributed by atoms with Crippen LogP contribution in [0.2, 0.25) is 0 Å². The predicted octanol–water partition coefficient (Wildman–Crippen LogP) is 0.152. The smallest absolute Gasteiger partial charge is 0.104 e. The molecule has 0 amide bonds. The molecule has 16 heavy (non-hydrogen) atoms. The number of aliphatic hydroxyl groups is 2. The van der Waals surface area contributed by atoms with Gasteiger partial charge in [0.1, 0.15) is 11.2 Å². The SMILES string of the molecule is OC1(CC2CO2)C=CC(O)(CC2CO2)C=C1. The van der Waals surface area contributed by atoms with Gasteiger partial charge in [0.15, 0.2) is 0 Å². The molecule has 2 atom stereocenters. The quantitative estimate of drug-likeness (QED) is 0.527. The second kappa shape index (κ2) is 3.40. The van der Waals surface area contributed by atoms with Crippen molar-refractivity contribution in [2.75, 3.05) is 13.2 Å². The van der Waals surface area contributed by atoms with Crippen LogP contribution in [0.3, 0.4) is 0 Å². The van der Waals surface area contributed by atoms with Gasteiger partial charge in [-0.25, -0.2) is 0 Å². The lowest BCUT2D eigenvalue weighted by Crippen LogP contribution is -2.35. The van der Waals surface area contributed by atoms with Crippen LogP contribution in [-0.4, -0.2) is 46.8 Å². The van der Waals surface area contributed by atoms with E-state index in [4.69, 9.17) is 9.47 Å². The largest absolute Gasteiger partial charge is 0.382 e. The molecule has 3 rings (SSSR count). The van der Waals surface area contributed by atoms with E-state index in [1.165, 1.54) is 0 Å². The summed E-state index contributed by atoms with van der Waals surface area (Å²) in [4.78, 5) is 0. The molecule has 2 aliphatic heterocycles.